The maximum absolute atomic E-state index is 5.26. The SMILES string of the molecule is C[C@H](c1nc(-c2ccon2)no1)C1CCC1. The smallest absolute Gasteiger partial charge is 0.230 e. The average Bonchev–Trinajstić information content (AvgIpc) is 2.86. The van der Waals surface area contributed by atoms with Gasteiger partial charge in [0.05, 0.1) is 0 Å². The molecule has 1 saturated carbocycles. The molecular weight excluding hydrogens is 206 g/mol. The molecule has 5 heteroatoms. The lowest BCUT2D eigenvalue weighted by molar-refractivity contribution is 0.230. The van der Waals surface area contributed by atoms with E-state index in [2.05, 4.69) is 22.2 Å². The molecule has 1 fully saturated rings. The predicted octanol–water partition coefficient (Wildman–Crippen LogP) is 2.63. The Kier molecular flexibility index (Phi) is 2.23. The molecular formula is C11H13N3O2. The zero-order valence-electron chi connectivity index (χ0n) is 9.09. The molecule has 16 heavy (non-hydrogen) atoms. The standard InChI is InChI=1S/C11H13N3O2/c1-7(8-3-2-4-8)11-12-10(14-16-11)9-5-6-15-13-9/h5-8H,2-4H2,1H3/t7-/m0/s1. The van der Waals surface area contributed by atoms with Gasteiger partial charge < -0.3 is 9.05 Å². The van der Waals surface area contributed by atoms with Gasteiger partial charge in [0.25, 0.3) is 0 Å². The van der Waals surface area contributed by atoms with Crippen molar-refractivity contribution >= 4 is 0 Å². The Morgan fingerprint density at radius 1 is 1.38 bits per heavy atom. The predicted molar refractivity (Wildman–Crippen MR) is 55.6 cm³/mol. The average molecular weight is 219 g/mol. The summed E-state index contributed by atoms with van der Waals surface area (Å²) in [7, 11) is 0. The summed E-state index contributed by atoms with van der Waals surface area (Å²) in [6, 6.07) is 1.72. The molecule has 0 N–H and O–H groups in total. The minimum Gasteiger partial charge on any atom is -0.364 e. The van der Waals surface area contributed by atoms with E-state index in [1.807, 2.05) is 0 Å². The van der Waals surface area contributed by atoms with Crippen LogP contribution in [0.5, 0.6) is 0 Å². The van der Waals surface area contributed by atoms with Crippen molar-refractivity contribution in [3.63, 3.8) is 0 Å². The van der Waals surface area contributed by atoms with Gasteiger partial charge in [-0.25, -0.2) is 0 Å². The molecule has 2 heterocycles. The molecule has 84 valence electrons. The van der Waals surface area contributed by atoms with Crippen LogP contribution in [0, 0.1) is 5.92 Å². The van der Waals surface area contributed by atoms with Crippen LogP contribution in [-0.4, -0.2) is 15.3 Å². The molecule has 0 unspecified atom stereocenters. The highest BCUT2D eigenvalue weighted by molar-refractivity contribution is 5.45. The fourth-order valence-corrected chi connectivity index (χ4v) is 1.99. The van der Waals surface area contributed by atoms with Crippen molar-refractivity contribution in [2.24, 2.45) is 5.92 Å². The van der Waals surface area contributed by atoms with Crippen LogP contribution in [0.15, 0.2) is 21.4 Å². The normalized spacial score (nSPS) is 18.3. The van der Waals surface area contributed by atoms with Crippen LogP contribution < -0.4 is 0 Å². The Morgan fingerprint density at radius 2 is 2.25 bits per heavy atom. The lowest BCUT2D eigenvalue weighted by Crippen LogP contribution is -2.18. The highest BCUT2D eigenvalue weighted by atomic mass is 16.5. The molecule has 2 aromatic rings. The summed E-state index contributed by atoms with van der Waals surface area (Å²) in [4.78, 5) is 4.36. The van der Waals surface area contributed by atoms with Crippen LogP contribution in [0.1, 0.15) is 38.0 Å². The first-order chi connectivity index (χ1) is 7.84. The maximum Gasteiger partial charge on any atom is 0.230 e. The van der Waals surface area contributed by atoms with E-state index < -0.39 is 0 Å². The second-order valence-corrected chi connectivity index (χ2v) is 4.32. The van der Waals surface area contributed by atoms with Gasteiger partial charge in [-0.3, -0.25) is 0 Å². The summed E-state index contributed by atoms with van der Waals surface area (Å²) in [6.45, 7) is 2.14. The molecule has 3 rings (SSSR count). The quantitative estimate of drug-likeness (QED) is 0.793. The topological polar surface area (TPSA) is 65.0 Å². The Balaban J connectivity index is 1.82. The summed E-state index contributed by atoms with van der Waals surface area (Å²) in [5.74, 6) is 2.27. The fraction of sp³-hybridized carbons (Fsp3) is 0.545. The molecule has 0 aliphatic heterocycles. The number of rotatable bonds is 3. The third-order valence-electron chi connectivity index (χ3n) is 3.36. The van der Waals surface area contributed by atoms with Gasteiger partial charge >= 0.3 is 0 Å². The van der Waals surface area contributed by atoms with E-state index in [0.29, 0.717) is 29.2 Å². The van der Waals surface area contributed by atoms with Crippen molar-refractivity contribution in [2.75, 3.05) is 0 Å². The molecule has 1 aliphatic rings. The first-order valence-electron chi connectivity index (χ1n) is 5.59. The molecule has 0 spiro atoms. The van der Waals surface area contributed by atoms with E-state index in [-0.39, 0.29) is 0 Å². The number of hydrogen-bond acceptors (Lipinski definition) is 5. The lowest BCUT2D eigenvalue weighted by Gasteiger charge is -2.28. The molecule has 1 aliphatic carbocycles. The van der Waals surface area contributed by atoms with Crippen molar-refractivity contribution < 1.29 is 9.05 Å². The van der Waals surface area contributed by atoms with Gasteiger partial charge in [-0.2, -0.15) is 4.98 Å². The summed E-state index contributed by atoms with van der Waals surface area (Å²) < 4.78 is 10.0. The largest absolute Gasteiger partial charge is 0.364 e. The van der Waals surface area contributed by atoms with Crippen LogP contribution >= 0.6 is 0 Å². The van der Waals surface area contributed by atoms with Gasteiger partial charge in [0, 0.05) is 12.0 Å². The van der Waals surface area contributed by atoms with Crippen LogP contribution in [0.2, 0.25) is 0 Å². The first-order valence-corrected chi connectivity index (χ1v) is 5.59. The van der Waals surface area contributed by atoms with Crippen LogP contribution in [0.3, 0.4) is 0 Å². The number of nitrogens with zero attached hydrogens (tertiary/aromatic N) is 3. The Hall–Kier alpha value is -1.65. The van der Waals surface area contributed by atoms with E-state index >= 15 is 0 Å². The number of aromatic nitrogens is 3. The van der Waals surface area contributed by atoms with Gasteiger partial charge in [0.1, 0.15) is 6.26 Å². The van der Waals surface area contributed by atoms with E-state index in [9.17, 15) is 0 Å². The Labute approximate surface area is 92.8 Å². The van der Waals surface area contributed by atoms with Gasteiger partial charge in [0.2, 0.25) is 11.7 Å². The summed E-state index contributed by atoms with van der Waals surface area (Å²) in [6.07, 6.45) is 5.35. The summed E-state index contributed by atoms with van der Waals surface area (Å²) in [5.41, 5.74) is 0.621. The zero-order chi connectivity index (χ0) is 11.0. The van der Waals surface area contributed by atoms with E-state index in [1.165, 1.54) is 25.5 Å². The minimum absolute atomic E-state index is 0.349. The van der Waals surface area contributed by atoms with Crippen molar-refractivity contribution in [1.82, 2.24) is 15.3 Å². The molecule has 1 atom stereocenters. The van der Waals surface area contributed by atoms with Crippen molar-refractivity contribution in [3.05, 3.63) is 18.2 Å². The highest BCUT2D eigenvalue weighted by Crippen LogP contribution is 2.38. The highest BCUT2D eigenvalue weighted by Gasteiger charge is 2.29. The van der Waals surface area contributed by atoms with Crippen LogP contribution in [-0.2, 0) is 0 Å². The van der Waals surface area contributed by atoms with E-state index in [0.717, 1.165) is 0 Å². The third-order valence-corrected chi connectivity index (χ3v) is 3.36. The van der Waals surface area contributed by atoms with Crippen molar-refractivity contribution in [1.29, 1.82) is 0 Å². The lowest BCUT2D eigenvalue weighted by atomic mass is 9.77. The first kappa shape index (κ1) is 9.57. The van der Waals surface area contributed by atoms with Gasteiger partial charge in [-0.05, 0) is 18.8 Å². The number of hydrogen-bond donors (Lipinski definition) is 0. The Morgan fingerprint density at radius 3 is 2.88 bits per heavy atom. The van der Waals surface area contributed by atoms with E-state index in [4.69, 9.17) is 9.05 Å². The van der Waals surface area contributed by atoms with Crippen molar-refractivity contribution in [2.45, 2.75) is 32.1 Å². The molecule has 2 aromatic heterocycles. The molecule has 0 aromatic carbocycles. The van der Waals surface area contributed by atoms with Crippen LogP contribution in [0.4, 0.5) is 0 Å². The summed E-state index contributed by atoms with van der Waals surface area (Å²) >= 11 is 0. The van der Waals surface area contributed by atoms with Gasteiger partial charge in [-0.15, -0.1) is 0 Å². The third kappa shape index (κ3) is 1.52. The zero-order valence-corrected chi connectivity index (χ0v) is 9.09. The second-order valence-electron chi connectivity index (χ2n) is 4.32. The second kappa shape index (κ2) is 3.73. The maximum atomic E-state index is 5.26. The molecule has 0 saturated heterocycles. The van der Waals surface area contributed by atoms with E-state index in [1.54, 1.807) is 6.07 Å². The Bertz CT molecular complexity index is 459. The van der Waals surface area contributed by atoms with Crippen molar-refractivity contribution in [3.8, 4) is 11.5 Å². The summed E-state index contributed by atoms with van der Waals surface area (Å²) in [5, 5.41) is 7.69. The van der Waals surface area contributed by atoms with Gasteiger partial charge in [0.15, 0.2) is 5.69 Å². The monoisotopic (exact) mass is 219 g/mol. The fourth-order valence-electron chi connectivity index (χ4n) is 1.99. The van der Waals surface area contributed by atoms with Crippen LogP contribution in [0.25, 0.3) is 11.5 Å². The van der Waals surface area contributed by atoms with Gasteiger partial charge in [-0.1, -0.05) is 23.7 Å². The minimum atomic E-state index is 0.349. The molecule has 0 bridgehead atoms. The molecule has 0 radical (unpaired) electrons. The molecule has 5 nitrogen and oxygen atoms in total. The molecule has 0 amide bonds.